The van der Waals surface area contributed by atoms with Crippen molar-refractivity contribution in [2.45, 2.75) is 26.4 Å². The molecule has 3 N–H and O–H groups in total. The molecule has 2 aromatic rings. The highest BCUT2D eigenvalue weighted by molar-refractivity contribution is 7.14. The molecule has 0 unspecified atom stereocenters. The summed E-state index contributed by atoms with van der Waals surface area (Å²) >= 11 is 7.33. The van der Waals surface area contributed by atoms with Gasteiger partial charge in [0, 0.05) is 0 Å². The van der Waals surface area contributed by atoms with E-state index in [1.54, 1.807) is 23.6 Å². The minimum atomic E-state index is -0.725. The van der Waals surface area contributed by atoms with Crippen LogP contribution in [0.25, 0.3) is 0 Å². The van der Waals surface area contributed by atoms with E-state index in [2.05, 4.69) is 5.32 Å². The fourth-order valence-corrected chi connectivity index (χ4v) is 2.93. The van der Waals surface area contributed by atoms with Crippen molar-refractivity contribution in [2.75, 3.05) is 5.32 Å². The van der Waals surface area contributed by atoms with Crippen molar-refractivity contribution in [1.82, 2.24) is 0 Å². The second kappa shape index (κ2) is 7.48. The largest absolute Gasteiger partial charge is 0.479 e. The summed E-state index contributed by atoms with van der Waals surface area (Å²) in [6, 6.07) is 6.93. The Balaban J connectivity index is 2.14. The zero-order chi connectivity index (χ0) is 17.0. The van der Waals surface area contributed by atoms with Crippen molar-refractivity contribution in [3.05, 3.63) is 45.8 Å². The third-order valence-electron chi connectivity index (χ3n) is 3.19. The first-order valence-electron chi connectivity index (χ1n) is 7.03. The number of nitrogens with two attached hydrogens (primary N) is 1. The Hall–Kier alpha value is -2.05. The monoisotopic (exact) mass is 352 g/mol. The maximum absolute atomic E-state index is 12.4. The van der Waals surface area contributed by atoms with Crippen molar-refractivity contribution in [1.29, 1.82) is 0 Å². The quantitative estimate of drug-likeness (QED) is 0.833. The number of ether oxygens (including phenoxy) is 1. The third-order valence-corrected chi connectivity index (χ3v) is 4.33. The van der Waals surface area contributed by atoms with Crippen LogP contribution in [0.1, 0.15) is 29.3 Å². The number of nitrogens with one attached hydrogen (secondary N) is 1. The molecule has 1 aromatic carbocycles. The summed E-state index contributed by atoms with van der Waals surface area (Å²) in [6.07, 6.45) is -0.273. The van der Waals surface area contributed by atoms with E-state index in [-0.39, 0.29) is 11.5 Å². The van der Waals surface area contributed by atoms with Crippen LogP contribution >= 0.6 is 22.9 Å². The predicted octanol–water partition coefficient (Wildman–Crippen LogP) is 3.60. The van der Waals surface area contributed by atoms with Crippen LogP contribution < -0.4 is 15.8 Å². The molecule has 122 valence electrons. The first kappa shape index (κ1) is 17.3. The molecule has 0 aliphatic heterocycles. The average Bonchev–Trinajstić information content (AvgIpc) is 2.96. The van der Waals surface area contributed by atoms with Gasteiger partial charge < -0.3 is 15.8 Å². The highest BCUT2D eigenvalue weighted by atomic mass is 35.5. The molecule has 0 bridgehead atoms. The van der Waals surface area contributed by atoms with Crippen LogP contribution in [0.4, 0.5) is 5.00 Å². The zero-order valence-corrected chi connectivity index (χ0v) is 14.3. The number of carbonyl (C=O) groups is 2. The average molecular weight is 353 g/mol. The molecule has 7 heteroatoms. The number of thiophene rings is 1. The normalized spacial score (nSPS) is 11.8. The van der Waals surface area contributed by atoms with Crippen LogP contribution in [-0.2, 0) is 4.79 Å². The lowest BCUT2D eigenvalue weighted by Crippen LogP contribution is -2.32. The molecule has 0 spiro atoms. The van der Waals surface area contributed by atoms with E-state index in [0.717, 1.165) is 5.56 Å². The lowest BCUT2D eigenvalue weighted by molar-refractivity contribution is -0.122. The van der Waals surface area contributed by atoms with Crippen LogP contribution in [0.3, 0.4) is 0 Å². The van der Waals surface area contributed by atoms with Gasteiger partial charge in [0.25, 0.3) is 11.8 Å². The minimum Gasteiger partial charge on any atom is -0.479 e. The summed E-state index contributed by atoms with van der Waals surface area (Å²) in [5.74, 6) is -0.484. The van der Waals surface area contributed by atoms with E-state index in [1.807, 2.05) is 19.9 Å². The molecule has 0 aliphatic rings. The van der Waals surface area contributed by atoms with Crippen LogP contribution in [-0.4, -0.2) is 17.9 Å². The summed E-state index contributed by atoms with van der Waals surface area (Å²) in [7, 11) is 0. The van der Waals surface area contributed by atoms with Crippen LogP contribution in [0.5, 0.6) is 5.75 Å². The number of carbonyl (C=O) groups excluding carboxylic acids is 2. The first-order chi connectivity index (χ1) is 10.9. The molecule has 0 aliphatic carbocycles. The maximum atomic E-state index is 12.4. The second-order valence-corrected chi connectivity index (χ2v) is 6.29. The second-order valence-electron chi connectivity index (χ2n) is 4.97. The maximum Gasteiger partial charge on any atom is 0.266 e. The Morgan fingerprint density at radius 3 is 2.78 bits per heavy atom. The lowest BCUT2D eigenvalue weighted by Gasteiger charge is -2.18. The Kier molecular flexibility index (Phi) is 5.63. The molecule has 0 radical (unpaired) electrons. The van der Waals surface area contributed by atoms with Gasteiger partial charge in [0.05, 0.1) is 10.6 Å². The van der Waals surface area contributed by atoms with Gasteiger partial charge >= 0.3 is 0 Å². The molecule has 2 amide bonds. The highest BCUT2D eigenvalue weighted by Crippen LogP contribution is 2.28. The van der Waals surface area contributed by atoms with Crippen LogP contribution in [0, 0.1) is 6.92 Å². The molecule has 0 saturated heterocycles. The fourth-order valence-electron chi connectivity index (χ4n) is 1.97. The number of aryl methyl sites for hydroxylation is 1. The summed E-state index contributed by atoms with van der Waals surface area (Å²) in [6.45, 7) is 3.74. The number of anilines is 1. The molecule has 2 rings (SSSR count). The molecule has 1 heterocycles. The summed E-state index contributed by atoms with van der Waals surface area (Å²) in [4.78, 5) is 23.7. The highest BCUT2D eigenvalue weighted by Gasteiger charge is 2.22. The van der Waals surface area contributed by atoms with Crippen LogP contribution in [0.2, 0.25) is 5.02 Å². The Morgan fingerprint density at radius 2 is 2.13 bits per heavy atom. The van der Waals surface area contributed by atoms with Gasteiger partial charge in [-0.05, 0) is 42.5 Å². The van der Waals surface area contributed by atoms with Crippen molar-refractivity contribution in [2.24, 2.45) is 5.73 Å². The molecule has 0 fully saturated rings. The van der Waals surface area contributed by atoms with Crippen molar-refractivity contribution in [3.63, 3.8) is 0 Å². The van der Waals surface area contributed by atoms with Gasteiger partial charge in [-0.2, -0.15) is 0 Å². The molecule has 5 nitrogen and oxygen atoms in total. The molecule has 23 heavy (non-hydrogen) atoms. The van der Waals surface area contributed by atoms with Gasteiger partial charge in [-0.15, -0.1) is 11.3 Å². The van der Waals surface area contributed by atoms with Crippen molar-refractivity contribution >= 4 is 39.8 Å². The molecule has 0 saturated carbocycles. The van der Waals surface area contributed by atoms with Crippen LogP contribution in [0.15, 0.2) is 29.6 Å². The van der Waals surface area contributed by atoms with Gasteiger partial charge in [0.2, 0.25) is 0 Å². The van der Waals surface area contributed by atoms with Gasteiger partial charge in [0.15, 0.2) is 6.10 Å². The number of hydrogen-bond donors (Lipinski definition) is 2. The van der Waals surface area contributed by atoms with E-state index in [0.29, 0.717) is 22.2 Å². The number of benzene rings is 1. The van der Waals surface area contributed by atoms with E-state index in [4.69, 9.17) is 22.1 Å². The molecular weight excluding hydrogens is 336 g/mol. The SMILES string of the molecule is CC[C@@H](Oc1cc(C)ccc1Cl)C(=O)Nc1sccc1C(N)=O. The minimum absolute atomic E-state index is 0.284. The van der Waals surface area contributed by atoms with E-state index >= 15 is 0 Å². The van der Waals surface area contributed by atoms with Gasteiger partial charge in [-0.1, -0.05) is 24.6 Å². The Morgan fingerprint density at radius 1 is 1.39 bits per heavy atom. The molecular formula is C16H17ClN2O3S. The number of rotatable bonds is 6. The number of hydrogen-bond acceptors (Lipinski definition) is 4. The number of halogens is 1. The standard InChI is InChI=1S/C16H17ClN2O3S/c1-3-12(22-13-8-9(2)4-5-11(13)17)15(21)19-16-10(14(18)20)6-7-23-16/h4-8,12H,3H2,1-2H3,(H2,18,20)(H,19,21)/t12-/m1/s1. The number of amides is 2. The zero-order valence-electron chi connectivity index (χ0n) is 12.8. The summed E-state index contributed by atoms with van der Waals surface area (Å²) in [5, 5.41) is 5.23. The Bertz CT molecular complexity index is 730. The van der Waals surface area contributed by atoms with Gasteiger partial charge in [-0.3, -0.25) is 9.59 Å². The Labute approximate surface area is 143 Å². The lowest BCUT2D eigenvalue weighted by atomic mass is 10.2. The van der Waals surface area contributed by atoms with Gasteiger partial charge in [-0.25, -0.2) is 0 Å². The first-order valence-corrected chi connectivity index (χ1v) is 8.29. The van der Waals surface area contributed by atoms with E-state index in [9.17, 15) is 9.59 Å². The van der Waals surface area contributed by atoms with Crippen molar-refractivity contribution in [3.8, 4) is 5.75 Å². The molecule has 1 atom stereocenters. The molecule has 1 aromatic heterocycles. The summed E-state index contributed by atoms with van der Waals surface area (Å²) < 4.78 is 5.73. The fraction of sp³-hybridized carbons (Fsp3) is 0.250. The van der Waals surface area contributed by atoms with E-state index < -0.39 is 12.0 Å². The topological polar surface area (TPSA) is 81.4 Å². The smallest absolute Gasteiger partial charge is 0.266 e. The predicted molar refractivity (Wildman–Crippen MR) is 92.4 cm³/mol. The van der Waals surface area contributed by atoms with Gasteiger partial charge in [0.1, 0.15) is 10.8 Å². The van der Waals surface area contributed by atoms with E-state index in [1.165, 1.54) is 11.3 Å². The third kappa shape index (κ3) is 4.24. The van der Waals surface area contributed by atoms with Crippen molar-refractivity contribution < 1.29 is 14.3 Å². The number of primary amides is 1. The summed E-state index contributed by atoms with van der Waals surface area (Å²) in [5.41, 5.74) is 6.54.